The fourth-order valence-electron chi connectivity index (χ4n) is 24.1. The molecule has 0 amide bonds. The summed E-state index contributed by atoms with van der Waals surface area (Å²) >= 11 is 0. The van der Waals surface area contributed by atoms with Crippen LogP contribution in [-0.4, -0.2) is 109 Å². The first-order valence-corrected chi connectivity index (χ1v) is 45.8. The molecule has 14 nitrogen and oxygen atoms in total. The number of nitrogens with zero attached hydrogens (tertiary/aromatic N) is 2. The molecular formula is C111H118N2O12. The zero-order valence-electron chi connectivity index (χ0n) is 74.9. The molecule has 644 valence electrons. The van der Waals surface area contributed by atoms with Crippen molar-refractivity contribution in [2.75, 3.05) is 119 Å². The summed E-state index contributed by atoms with van der Waals surface area (Å²) in [6, 6.07) is 72.6. The van der Waals surface area contributed by atoms with Gasteiger partial charge in [-0.3, -0.25) is 0 Å². The maximum absolute atomic E-state index is 8.40. The molecule has 12 aromatic carbocycles. The van der Waals surface area contributed by atoms with Gasteiger partial charge >= 0.3 is 0 Å². The molecule has 0 N–H and O–H groups in total. The van der Waals surface area contributed by atoms with Crippen LogP contribution in [0.15, 0.2) is 194 Å². The van der Waals surface area contributed by atoms with Gasteiger partial charge in [0.2, 0.25) is 0 Å². The van der Waals surface area contributed by atoms with Crippen LogP contribution < -0.4 is 57.2 Å². The lowest BCUT2D eigenvalue weighted by molar-refractivity contribution is 0.0853. The normalized spacial score (nSPS) is 19.7. The van der Waals surface area contributed by atoms with Crippen LogP contribution in [0.1, 0.15) is 184 Å². The van der Waals surface area contributed by atoms with Crippen LogP contribution in [0.4, 0.5) is 11.4 Å². The van der Waals surface area contributed by atoms with Gasteiger partial charge in [-0.15, -0.1) is 0 Å². The van der Waals surface area contributed by atoms with E-state index < -0.39 is 11.2 Å². The maximum atomic E-state index is 8.40. The van der Waals surface area contributed by atoms with Gasteiger partial charge in [-0.05, 0) is 280 Å². The molecule has 2 saturated heterocycles. The number of ether oxygens (including phenoxy) is 12. The maximum Gasteiger partial charge on any atom is 0.159 e. The van der Waals surface area contributed by atoms with E-state index >= 15 is 0 Å². The van der Waals surface area contributed by atoms with Crippen LogP contribution in [0.3, 0.4) is 0 Å². The fraction of sp³-hybridized carbons (Fsp3) is 0.387. The number of morpholine rings is 2. The van der Waals surface area contributed by atoms with E-state index in [0.717, 1.165) is 241 Å². The standard InChI is InChI=1S/C111H118N2O12/c1-13-106(14-2)45-49-108(50-46-106)94-62-78(114-5)35-39-84(94)100-90-66-88(82-37-33-80(116-7)64-96(82)118-9)98(120-11)68-92(90)104-86(102(100)108)41-43-110(124-104,74-25-29-76(30-26-74)112-53-57-122-58-54-112)72-21-17-70(18-22-72)61-71-19-23-73(24-20-71)111(75-27-31-77(32-28-75)113-55-59-123-60-56-113)44-42-87-103-101(85-40-36-79(115-6)63-95(85)109(103)51-47-107(15-3,16-4)48-52-109)91-67-89(99(121-12)69-93(91)105(87)125-111)83-38-34-81(117-8)65-97(83)119-10/h17-40,62-69H,13-16,41-61H2,1-12H3. The van der Waals surface area contributed by atoms with Crippen molar-refractivity contribution in [1.29, 1.82) is 0 Å². The third-order valence-corrected chi connectivity index (χ3v) is 31.7. The first kappa shape index (κ1) is 82.0. The van der Waals surface area contributed by atoms with E-state index in [4.69, 9.17) is 56.8 Å². The van der Waals surface area contributed by atoms with Gasteiger partial charge in [-0.2, -0.15) is 0 Å². The fourth-order valence-corrected chi connectivity index (χ4v) is 24.1. The van der Waals surface area contributed by atoms with Gasteiger partial charge in [0.15, 0.2) is 11.2 Å². The van der Waals surface area contributed by atoms with Gasteiger partial charge in [-0.1, -0.05) is 138 Å². The second-order valence-electron chi connectivity index (χ2n) is 36.6. The van der Waals surface area contributed by atoms with Gasteiger partial charge < -0.3 is 66.6 Å². The first-order valence-electron chi connectivity index (χ1n) is 45.8. The summed E-state index contributed by atoms with van der Waals surface area (Å²) in [7, 11) is 14.0. The molecule has 8 aliphatic rings. The summed E-state index contributed by atoms with van der Waals surface area (Å²) in [5.41, 5.74) is 24.4. The SMILES string of the molecule is CCC1(CC)CCC2(CC1)c1cc(OC)ccc1-c1c2c2c(c3cc(OC)c(-c4ccc(OC)cc4OC)cc13)OC(c1ccc(Cc3ccc(C4(c5ccc(N6CCOCC6)cc5)CCc5c6c(c7cc(-c8ccc(OC)cc8OC)c(OC)cc7c5O4)-c4ccc(OC)cc4C64CCC(CC)(CC)CC4)cc3)cc1)(c1ccc(N3CCOCC3)cc1)CC2. The third-order valence-electron chi connectivity index (χ3n) is 31.7. The van der Waals surface area contributed by atoms with Crippen molar-refractivity contribution in [2.45, 2.75) is 159 Å². The van der Waals surface area contributed by atoms with E-state index in [2.05, 4.69) is 207 Å². The zero-order chi connectivity index (χ0) is 85.7. The molecule has 12 aromatic rings. The first-order chi connectivity index (χ1) is 61.1. The summed E-state index contributed by atoms with van der Waals surface area (Å²) in [4.78, 5) is 4.88. The molecule has 2 spiro atoms. The third kappa shape index (κ3) is 13.3. The monoisotopic (exact) mass is 1670 g/mol. The minimum atomic E-state index is -0.905. The lowest BCUT2D eigenvalue weighted by Crippen LogP contribution is -2.41. The quantitative estimate of drug-likeness (QED) is 0.0641. The summed E-state index contributed by atoms with van der Waals surface area (Å²) in [6.07, 6.45) is 17.1. The average Bonchev–Trinajstić information content (AvgIpc) is 1.52. The second-order valence-corrected chi connectivity index (χ2v) is 36.6. The minimum absolute atomic E-state index is 0.276. The Labute approximate surface area is 737 Å². The van der Waals surface area contributed by atoms with Crippen molar-refractivity contribution >= 4 is 32.9 Å². The Kier molecular flexibility index (Phi) is 21.4. The summed E-state index contributed by atoms with van der Waals surface area (Å²) in [5, 5.41) is 4.30. The van der Waals surface area contributed by atoms with Gasteiger partial charge in [0.05, 0.1) is 83.3 Å². The number of benzene rings is 12. The van der Waals surface area contributed by atoms with Crippen molar-refractivity contribution in [2.24, 2.45) is 10.8 Å². The number of rotatable bonds is 22. The van der Waals surface area contributed by atoms with E-state index in [9.17, 15) is 0 Å². The summed E-state index contributed by atoms with van der Waals surface area (Å²) in [6.45, 7) is 15.8. The largest absolute Gasteiger partial charge is 0.497 e. The number of anilines is 2. The van der Waals surface area contributed by atoms with Crippen molar-refractivity contribution < 1.29 is 56.8 Å². The summed E-state index contributed by atoms with van der Waals surface area (Å²) < 4.78 is 78.1. The summed E-state index contributed by atoms with van der Waals surface area (Å²) in [5.74, 6) is 7.89. The molecule has 20 rings (SSSR count). The highest BCUT2D eigenvalue weighted by atomic mass is 16.5. The zero-order valence-corrected chi connectivity index (χ0v) is 74.9. The molecule has 14 heteroatoms. The van der Waals surface area contributed by atoms with E-state index in [-0.39, 0.29) is 21.7 Å². The molecule has 0 aromatic heterocycles. The Bertz CT molecular complexity index is 5720. The Balaban J connectivity index is 0.715. The molecule has 4 aliphatic carbocycles. The lowest BCUT2D eigenvalue weighted by Gasteiger charge is -2.47. The Morgan fingerprint density at radius 1 is 0.304 bits per heavy atom. The van der Waals surface area contributed by atoms with Crippen LogP contribution in [0.5, 0.6) is 57.5 Å². The smallest absolute Gasteiger partial charge is 0.159 e. The van der Waals surface area contributed by atoms with E-state index in [1.807, 2.05) is 24.3 Å². The van der Waals surface area contributed by atoms with Crippen molar-refractivity contribution in [1.82, 2.24) is 0 Å². The molecule has 0 radical (unpaired) electrons. The van der Waals surface area contributed by atoms with Gasteiger partial charge in [0.1, 0.15) is 57.5 Å². The van der Waals surface area contributed by atoms with Crippen LogP contribution in [0.25, 0.3) is 66.1 Å². The van der Waals surface area contributed by atoms with Crippen LogP contribution in [-0.2, 0) is 50.8 Å². The molecule has 125 heavy (non-hydrogen) atoms. The highest BCUT2D eigenvalue weighted by molar-refractivity contribution is 6.11. The number of fused-ring (bicyclic) bond motifs is 20. The van der Waals surface area contributed by atoms with Crippen LogP contribution >= 0.6 is 0 Å². The van der Waals surface area contributed by atoms with Crippen LogP contribution in [0, 0.1) is 10.8 Å². The number of hydrogen-bond acceptors (Lipinski definition) is 14. The van der Waals surface area contributed by atoms with E-state index in [1.54, 1.807) is 56.9 Å². The van der Waals surface area contributed by atoms with Gasteiger partial charge in [0, 0.05) is 105 Å². The molecule has 2 saturated carbocycles. The molecule has 4 aliphatic heterocycles. The Morgan fingerprint density at radius 3 is 0.952 bits per heavy atom. The Morgan fingerprint density at radius 2 is 0.624 bits per heavy atom. The average molecular weight is 1670 g/mol. The highest BCUT2D eigenvalue weighted by Gasteiger charge is 2.56. The minimum Gasteiger partial charge on any atom is -0.497 e. The Hall–Kier alpha value is -11.3. The van der Waals surface area contributed by atoms with Crippen molar-refractivity contribution in [3.8, 4) is 102 Å². The van der Waals surface area contributed by atoms with E-state index in [1.165, 1.54) is 78.1 Å². The van der Waals surface area contributed by atoms with Gasteiger partial charge in [-0.25, -0.2) is 0 Å². The number of methoxy groups -OCH3 is 8. The predicted molar refractivity (Wildman–Crippen MR) is 501 cm³/mol. The van der Waals surface area contributed by atoms with Crippen molar-refractivity contribution in [3.63, 3.8) is 0 Å². The molecule has 4 fully saturated rings. The predicted octanol–water partition coefficient (Wildman–Crippen LogP) is 24.5. The molecule has 4 heterocycles. The van der Waals surface area contributed by atoms with E-state index in [0.29, 0.717) is 44.3 Å². The number of hydrogen-bond donors (Lipinski definition) is 0. The van der Waals surface area contributed by atoms with Crippen LogP contribution in [0.2, 0.25) is 0 Å². The second kappa shape index (κ2) is 32.6. The molecule has 2 unspecified atom stereocenters. The molecule has 2 atom stereocenters. The highest BCUT2D eigenvalue weighted by Crippen LogP contribution is 2.69. The molecular weight excluding hydrogens is 1550 g/mol. The topological polar surface area (TPSA) is 117 Å². The lowest BCUT2D eigenvalue weighted by atomic mass is 9.57. The van der Waals surface area contributed by atoms with Crippen molar-refractivity contribution in [3.05, 3.63) is 261 Å². The van der Waals surface area contributed by atoms with Gasteiger partial charge in [0.25, 0.3) is 0 Å². The molecule has 0 bridgehead atoms.